The zero-order valence-corrected chi connectivity index (χ0v) is 12.2. The van der Waals surface area contributed by atoms with Crippen molar-refractivity contribution in [3.05, 3.63) is 36.0 Å². The summed E-state index contributed by atoms with van der Waals surface area (Å²) < 4.78 is 0. The van der Waals surface area contributed by atoms with E-state index in [0.29, 0.717) is 6.54 Å². The standard InChI is InChI=1S/C16H21N3O/c1-10(2)13(9-17)16(20)19-14-7-6-11(3)15-12(14)5-4-8-18-15/h4-8,10,13H,9,17H2,1-3H3,(H,19,20). The molecule has 0 aliphatic heterocycles. The summed E-state index contributed by atoms with van der Waals surface area (Å²) in [4.78, 5) is 16.7. The lowest BCUT2D eigenvalue weighted by molar-refractivity contribution is -0.120. The monoisotopic (exact) mass is 271 g/mol. The van der Waals surface area contributed by atoms with E-state index in [0.717, 1.165) is 22.2 Å². The van der Waals surface area contributed by atoms with Crippen LogP contribution in [-0.4, -0.2) is 17.4 Å². The Morgan fingerprint density at radius 2 is 2.10 bits per heavy atom. The number of amides is 1. The number of carbonyl (C=O) groups excluding carboxylic acids is 1. The third kappa shape index (κ3) is 2.80. The molecule has 1 aromatic heterocycles. The van der Waals surface area contributed by atoms with Gasteiger partial charge in [-0.3, -0.25) is 9.78 Å². The van der Waals surface area contributed by atoms with Gasteiger partial charge in [-0.15, -0.1) is 0 Å². The van der Waals surface area contributed by atoms with Crippen LogP contribution in [0.15, 0.2) is 30.5 Å². The molecule has 2 aromatic rings. The summed E-state index contributed by atoms with van der Waals surface area (Å²) in [5.41, 5.74) is 8.50. The van der Waals surface area contributed by atoms with Crippen molar-refractivity contribution >= 4 is 22.5 Å². The summed E-state index contributed by atoms with van der Waals surface area (Å²) in [6.45, 7) is 6.38. The molecule has 2 rings (SSSR count). The number of fused-ring (bicyclic) bond motifs is 1. The van der Waals surface area contributed by atoms with E-state index < -0.39 is 0 Å². The Labute approximate surface area is 119 Å². The molecule has 0 saturated heterocycles. The van der Waals surface area contributed by atoms with Gasteiger partial charge in [0.1, 0.15) is 0 Å². The second kappa shape index (κ2) is 6.01. The highest BCUT2D eigenvalue weighted by Crippen LogP contribution is 2.25. The Balaban J connectivity index is 2.35. The third-order valence-electron chi connectivity index (χ3n) is 3.62. The summed E-state index contributed by atoms with van der Waals surface area (Å²) >= 11 is 0. The molecule has 0 saturated carbocycles. The molecule has 4 heteroatoms. The van der Waals surface area contributed by atoms with Crippen LogP contribution >= 0.6 is 0 Å². The lowest BCUT2D eigenvalue weighted by atomic mass is 9.95. The van der Waals surface area contributed by atoms with E-state index in [1.165, 1.54) is 0 Å². The summed E-state index contributed by atoms with van der Waals surface area (Å²) in [5.74, 6) is 0.00867. The van der Waals surface area contributed by atoms with Crippen molar-refractivity contribution in [1.82, 2.24) is 4.98 Å². The Kier molecular flexibility index (Phi) is 4.35. The fourth-order valence-corrected chi connectivity index (χ4v) is 2.33. The molecule has 0 radical (unpaired) electrons. The van der Waals surface area contributed by atoms with Crippen LogP contribution in [0.4, 0.5) is 5.69 Å². The van der Waals surface area contributed by atoms with Crippen LogP contribution in [0.5, 0.6) is 0 Å². The molecular weight excluding hydrogens is 250 g/mol. The van der Waals surface area contributed by atoms with Gasteiger partial charge in [-0.05, 0) is 36.6 Å². The molecule has 1 amide bonds. The number of aryl methyl sites for hydroxylation is 1. The molecule has 0 aliphatic carbocycles. The predicted octanol–water partition coefficient (Wildman–Crippen LogP) is 2.71. The van der Waals surface area contributed by atoms with Gasteiger partial charge in [0.25, 0.3) is 0 Å². The topological polar surface area (TPSA) is 68.0 Å². The van der Waals surface area contributed by atoms with E-state index in [1.807, 2.05) is 45.0 Å². The molecule has 1 atom stereocenters. The SMILES string of the molecule is Cc1ccc(NC(=O)C(CN)C(C)C)c2cccnc12. The van der Waals surface area contributed by atoms with Crippen molar-refractivity contribution < 1.29 is 4.79 Å². The molecule has 0 fully saturated rings. The Morgan fingerprint density at radius 3 is 2.75 bits per heavy atom. The number of hydrogen-bond acceptors (Lipinski definition) is 3. The first kappa shape index (κ1) is 14.5. The van der Waals surface area contributed by atoms with E-state index in [-0.39, 0.29) is 17.7 Å². The number of anilines is 1. The van der Waals surface area contributed by atoms with Crippen LogP contribution < -0.4 is 11.1 Å². The number of aromatic nitrogens is 1. The van der Waals surface area contributed by atoms with Gasteiger partial charge < -0.3 is 11.1 Å². The molecule has 1 aromatic carbocycles. The lowest BCUT2D eigenvalue weighted by Crippen LogP contribution is -2.33. The Bertz CT molecular complexity index is 622. The minimum atomic E-state index is -0.178. The first-order valence-electron chi connectivity index (χ1n) is 6.90. The fraction of sp³-hybridized carbons (Fsp3) is 0.375. The average Bonchev–Trinajstić information content (AvgIpc) is 2.42. The number of nitrogens with zero attached hydrogens (tertiary/aromatic N) is 1. The first-order chi connectivity index (χ1) is 9.54. The molecule has 1 heterocycles. The maximum Gasteiger partial charge on any atom is 0.229 e. The van der Waals surface area contributed by atoms with Crippen molar-refractivity contribution in [3.63, 3.8) is 0 Å². The largest absolute Gasteiger partial charge is 0.330 e. The van der Waals surface area contributed by atoms with E-state index in [1.54, 1.807) is 6.20 Å². The third-order valence-corrected chi connectivity index (χ3v) is 3.62. The maximum atomic E-state index is 12.3. The van der Waals surface area contributed by atoms with Crippen molar-refractivity contribution in [3.8, 4) is 0 Å². The predicted molar refractivity (Wildman–Crippen MR) is 82.5 cm³/mol. The zero-order chi connectivity index (χ0) is 14.7. The number of hydrogen-bond donors (Lipinski definition) is 2. The van der Waals surface area contributed by atoms with Gasteiger partial charge >= 0.3 is 0 Å². The van der Waals surface area contributed by atoms with Crippen LogP contribution in [0.25, 0.3) is 10.9 Å². The Morgan fingerprint density at radius 1 is 1.35 bits per heavy atom. The van der Waals surface area contributed by atoms with Crippen LogP contribution in [0.1, 0.15) is 19.4 Å². The van der Waals surface area contributed by atoms with Gasteiger partial charge in [-0.2, -0.15) is 0 Å². The fourth-order valence-electron chi connectivity index (χ4n) is 2.33. The highest BCUT2D eigenvalue weighted by Gasteiger charge is 2.21. The minimum absolute atomic E-state index is 0.0310. The number of nitrogens with two attached hydrogens (primary N) is 1. The van der Waals surface area contributed by atoms with Crippen molar-refractivity contribution in [2.75, 3.05) is 11.9 Å². The highest BCUT2D eigenvalue weighted by atomic mass is 16.1. The molecule has 3 N–H and O–H groups in total. The number of rotatable bonds is 4. The van der Waals surface area contributed by atoms with Gasteiger partial charge in [0.05, 0.1) is 17.1 Å². The summed E-state index contributed by atoms with van der Waals surface area (Å²) in [6.07, 6.45) is 1.76. The van der Waals surface area contributed by atoms with Crippen molar-refractivity contribution in [1.29, 1.82) is 0 Å². The van der Waals surface area contributed by atoms with Gasteiger partial charge in [-0.25, -0.2) is 0 Å². The van der Waals surface area contributed by atoms with E-state index >= 15 is 0 Å². The Hall–Kier alpha value is -1.94. The van der Waals surface area contributed by atoms with Gasteiger partial charge in [0.2, 0.25) is 5.91 Å². The minimum Gasteiger partial charge on any atom is -0.330 e. The highest BCUT2D eigenvalue weighted by molar-refractivity contribution is 6.02. The summed E-state index contributed by atoms with van der Waals surface area (Å²) in [5, 5.41) is 3.94. The number of carbonyl (C=O) groups is 1. The molecule has 0 aliphatic rings. The van der Waals surface area contributed by atoms with Gasteiger partial charge in [0, 0.05) is 18.1 Å². The number of nitrogens with one attached hydrogen (secondary N) is 1. The summed E-state index contributed by atoms with van der Waals surface area (Å²) in [6, 6.07) is 7.74. The smallest absolute Gasteiger partial charge is 0.229 e. The lowest BCUT2D eigenvalue weighted by Gasteiger charge is -2.19. The second-order valence-electron chi connectivity index (χ2n) is 5.41. The van der Waals surface area contributed by atoms with Crippen LogP contribution in [0.2, 0.25) is 0 Å². The van der Waals surface area contributed by atoms with Crippen molar-refractivity contribution in [2.24, 2.45) is 17.6 Å². The quantitative estimate of drug-likeness (QED) is 0.898. The first-order valence-corrected chi connectivity index (χ1v) is 6.90. The maximum absolute atomic E-state index is 12.3. The van der Waals surface area contributed by atoms with E-state index in [9.17, 15) is 4.79 Å². The van der Waals surface area contributed by atoms with Crippen LogP contribution in [-0.2, 0) is 4.79 Å². The molecule has 0 spiro atoms. The number of benzene rings is 1. The van der Waals surface area contributed by atoms with E-state index in [2.05, 4.69) is 10.3 Å². The van der Waals surface area contributed by atoms with Crippen molar-refractivity contribution in [2.45, 2.75) is 20.8 Å². The number of pyridine rings is 1. The molecular formula is C16H21N3O. The normalized spacial score (nSPS) is 12.7. The molecule has 20 heavy (non-hydrogen) atoms. The van der Waals surface area contributed by atoms with E-state index in [4.69, 9.17) is 5.73 Å². The van der Waals surface area contributed by atoms with Gasteiger partial charge in [-0.1, -0.05) is 19.9 Å². The molecule has 1 unspecified atom stereocenters. The van der Waals surface area contributed by atoms with Gasteiger partial charge in [0.15, 0.2) is 0 Å². The molecule has 106 valence electrons. The van der Waals surface area contributed by atoms with Crippen LogP contribution in [0.3, 0.4) is 0 Å². The summed E-state index contributed by atoms with van der Waals surface area (Å²) in [7, 11) is 0. The average molecular weight is 271 g/mol. The second-order valence-corrected chi connectivity index (χ2v) is 5.41. The van der Waals surface area contributed by atoms with Crippen LogP contribution in [0, 0.1) is 18.8 Å². The molecule has 0 bridgehead atoms. The molecule has 4 nitrogen and oxygen atoms in total. The zero-order valence-electron chi connectivity index (χ0n) is 12.2.